The van der Waals surface area contributed by atoms with Gasteiger partial charge in [0, 0.05) is 6.42 Å². The summed E-state index contributed by atoms with van der Waals surface area (Å²) in [5.74, 6) is -0.510. The average molecular weight is 290 g/mol. The zero-order chi connectivity index (χ0) is 15.9. The van der Waals surface area contributed by atoms with Crippen molar-refractivity contribution in [3.8, 4) is 0 Å². The van der Waals surface area contributed by atoms with Crippen LogP contribution in [0.25, 0.3) is 0 Å². The molecule has 1 aliphatic rings. The molecule has 0 aliphatic heterocycles. The lowest BCUT2D eigenvalue weighted by Gasteiger charge is -2.24. The van der Waals surface area contributed by atoms with Crippen molar-refractivity contribution in [1.29, 1.82) is 0 Å². The zero-order valence-electron chi connectivity index (χ0n) is 13.4. The summed E-state index contributed by atoms with van der Waals surface area (Å²) in [7, 11) is 0. The van der Waals surface area contributed by atoms with E-state index in [1.807, 2.05) is 13.0 Å². The SMILES string of the molecule is C=C(C)CC/C=C1\C/C=C\[C@@](C)(C(=O)OCC)C(=O)CC1. The highest BCUT2D eigenvalue weighted by atomic mass is 16.5. The average Bonchev–Trinajstić information content (AvgIpc) is 2.41. The summed E-state index contributed by atoms with van der Waals surface area (Å²) in [5, 5.41) is 0. The lowest BCUT2D eigenvalue weighted by atomic mass is 9.80. The maximum atomic E-state index is 12.3. The second kappa shape index (κ2) is 7.96. The first-order valence-electron chi connectivity index (χ1n) is 7.60. The quantitative estimate of drug-likeness (QED) is 0.434. The number of esters is 1. The van der Waals surface area contributed by atoms with E-state index in [2.05, 4.69) is 12.7 Å². The third-order valence-corrected chi connectivity index (χ3v) is 3.79. The molecule has 3 heteroatoms. The van der Waals surface area contributed by atoms with E-state index in [1.165, 1.54) is 11.1 Å². The van der Waals surface area contributed by atoms with Gasteiger partial charge in [0.25, 0.3) is 0 Å². The van der Waals surface area contributed by atoms with Crippen LogP contribution in [-0.4, -0.2) is 18.4 Å². The molecule has 0 aromatic carbocycles. The maximum absolute atomic E-state index is 12.3. The number of carbonyl (C=O) groups is 2. The molecule has 0 amide bonds. The Labute approximate surface area is 127 Å². The van der Waals surface area contributed by atoms with E-state index in [1.54, 1.807) is 19.9 Å². The molecule has 3 nitrogen and oxygen atoms in total. The fourth-order valence-electron chi connectivity index (χ4n) is 2.35. The summed E-state index contributed by atoms with van der Waals surface area (Å²) in [5.41, 5.74) is 1.30. The molecular formula is C18H26O3. The topological polar surface area (TPSA) is 43.4 Å². The third-order valence-electron chi connectivity index (χ3n) is 3.79. The van der Waals surface area contributed by atoms with E-state index in [4.69, 9.17) is 4.74 Å². The van der Waals surface area contributed by atoms with Gasteiger partial charge in [-0.05, 0) is 46.5 Å². The van der Waals surface area contributed by atoms with E-state index >= 15 is 0 Å². The minimum atomic E-state index is -1.13. The molecule has 0 radical (unpaired) electrons. The van der Waals surface area contributed by atoms with E-state index in [0.717, 1.165) is 19.3 Å². The van der Waals surface area contributed by atoms with Gasteiger partial charge >= 0.3 is 5.97 Å². The molecule has 1 atom stereocenters. The maximum Gasteiger partial charge on any atom is 0.323 e. The molecule has 0 aromatic heterocycles. The van der Waals surface area contributed by atoms with Crippen LogP contribution in [0.2, 0.25) is 0 Å². The number of hydrogen-bond donors (Lipinski definition) is 0. The summed E-state index contributed by atoms with van der Waals surface area (Å²) in [4.78, 5) is 24.3. The molecule has 1 rings (SSSR count). The van der Waals surface area contributed by atoms with Crippen molar-refractivity contribution in [2.24, 2.45) is 5.41 Å². The van der Waals surface area contributed by atoms with Crippen LogP contribution in [0.15, 0.2) is 36.0 Å². The monoisotopic (exact) mass is 290 g/mol. The first-order chi connectivity index (χ1) is 9.90. The van der Waals surface area contributed by atoms with Gasteiger partial charge in [-0.25, -0.2) is 0 Å². The summed E-state index contributed by atoms with van der Waals surface area (Å²) in [6.07, 6.45) is 9.65. The minimum absolute atomic E-state index is 0.0669. The Morgan fingerprint density at radius 2 is 2.19 bits per heavy atom. The fourth-order valence-corrected chi connectivity index (χ4v) is 2.35. The summed E-state index contributed by atoms with van der Waals surface area (Å²) < 4.78 is 5.03. The first kappa shape index (κ1) is 17.4. The Morgan fingerprint density at radius 3 is 2.81 bits per heavy atom. The fraction of sp³-hybridized carbons (Fsp3) is 0.556. The Morgan fingerprint density at radius 1 is 1.48 bits per heavy atom. The largest absolute Gasteiger partial charge is 0.465 e. The smallest absolute Gasteiger partial charge is 0.323 e. The van der Waals surface area contributed by atoms with Crippen molar-refractivity contribution in [2.75, 3.05) is 6.61 Å². The minimum Gasteiger partial charge on any atom is -0.465 e. The van der Waals surface area contributed by atoms with Gasteiger partial charge < -0.3 is 4.74 Å². The van der Waals surface area contributed by atoms with Gasteiger partial charge in [0.2, 0.25) is 0 Å². The Balaban J connectivity index is 2.79. The van der Waals surface area contributed by atoms with Gasteiger partial charge in [-0.3, -0.25) is 9.59 Å². The predicted octanol–water partition coefficient (Wildman–Crippen LogP) is 4.15. The number of ketones is 1. The molecule has 0 fully saturated rings. The second-order valence-electron chi connectivity index (χ2n) is 5.81. The molecule has 0 bridgehead atoms. The zero-order valence-corrected chi connectivity index (χ0v) is 13.4. The first-order valence-corrected chi connectivity index (χ1v) is 7.60. The van der Waals surface area contributed by atoms with Gasteiger partial charge in [0.15, 0.2) is 5.78 Å². The lowest BCUT2D eigenvalue weighted by molar-refractivity contribution is -0.155. The molecule has 0 N–H and O–H groups in total. The van der Waals surface area contributed by atoms with Crippen LogP contribution in [0.5, 0.6) is 0 Å². The van der Waals surface area contributed by atoms with Gasteiger partial charge in [-0.1, -0.05) is 29.4 Å². The van der Waals surface area contributed by atoms with Crippen LogP contribution in [0, 0.1) is 5.41 Å². The number of ether oxygens (including phenoxy) is 1. The van der Waals surface area contributed by atoms with Gasteiger partial charge in [0.05, 0.1) is 6.61 Å². The molecule has 21 heavy (non-hydrogen) atoms. The van der Waals surface area contributed by atoms with Crippen molar-refractivity contribution in [2.45, 2.75) is 52.9 Å². The highest BCUT2D eigenvalue weighted by Crippen LogP contribution is 2.29. The van der Waals surface area contributed by atoms with Crippen LogP contribution in [-0.2, 0) is 14.3 Å². The number of Topliss-reactive ketones (excluding diaryl/α,β-unsaturated/α-hetero) is 1. The van der Waals surface area contributed by atoms with Crippen molar-refractivity contribution in [3.05, 3.63) is 36.0 Å². The molecule has 0 unspecified atom stereocenters. The molecular weight excluding hydrogens is 264 g/mol. The van der Waals surface area contributed by atoms with Crippen LogP contribution in [0.4, 0.5) is 0 Å². The van der Waals surface area contributed by atoms with Gasteiger partial charge in [-0.2, -0.15) is 0 Å². The third kappa shape index (κ3) is 5.00. The normalized spacial score (nSPS) is 26.0. The van der Waals surface area contributed by atoms with Crippen LogP contribution in [0.3, 0.4) is 0 Å². The Bertz CT molecular complexity index is 471. The number of rotatable bonds is 5. The number of hydrogen-bond acceptors (Lipinski definition) is 3. The molecule has 0 aromatic rings. The molecule has 0 heterocycles. The summed E-state index contributed by atoms with van der Waals surface area (Å²) in [6, 6.07) is 0. The Kier molecular flexibility index (Phi) is 6.60. The number of allylic oxidation sites excluding steroid dienone is 4. The van der Waals surface area contributed by atoms with Crippen LogP contribution in [0.1, 0.15) is 52.9 Å². The van der Waals surface area contributed by atoms with E-state index < -0.39 is 11.4 Å². The summed E-state index contributed by atoms with van der Waals surface area (Å²) in [6.45, 7) is 9.61. The van der Waals surface area contributed by atoms with Crippen molar-refractivity contribution in [3.63, 3.8) is 0 Å². The molecule has 116 valence electrons. The lowest BCUT2D eigenvalue weighted by Crippen LogP contribution is -2.36. The van der Waals surface area contributed by atoms with Crippen molar-refractivity contribution >= 4 is 11.8 Å². The molecule has 1 aliphatic carbocycles. The van der Waals surface area contributed by atoms with Crippen molar-refractivity contribution in [1.82, 2.24) is 0 Å². The molecule has 0 saturated carbocycles. The van der Waals surface area contributed by atoms with Crippen LogP contribution >= 0.6 is 0 Å². The van der Waals surface area contributed by atoms with E-state index in [9.17, 15) is 9.59 Å². The second-order valence-corrected chi connectivity index (χ2v) is 5.81. The highest BCUT2D eigenvalue weighted by molar-refractivity contribution is 6.05. The molecule has 0 saturated heterocycles. The standard InChI is InChI=1S/C18H26O3/c1-5-21-17(20)18(4)13-7-10-15(11-12-16(18)19)9-6-8-14(2)3/h7,9,13H,2,5-6,8,10-12H2,1,3-4H3/b13-7-,15-9+/t18-/m1/s1. The highest BCUT2D eigenvalue weighted by Gasteiger charge is 2.39. The Hall–Kier alpha value is -1.64. The van der Waals surface area contributed by atoms with Gasteiger partial charge in [-0.15, -0.1) is 6.58 Å². The summed E-state index contributed by atoms with van der Waals surface area (Å²) >= 11 is 0. The van der Waals surface area contributed by atoms with Crippen molar-refractivity contribution < 1.29 is 14.3 Å². The predicted molar refractivity (Wildman–Crippen MR) is 84.9 cm³/mol. The van der Waals surface area contributed by atoms with E-state index in [-0.39, 0.29) is 5.78 Å². The van der Waals surface area contributed by atoms with E-state index in [0.29, 0.717) is 19.4 Å². The molecule has 0 spiro atoms. The number of carbonyl (C=O) groups excluding carboxylic acids is 2. The van der Waals surface area contributed by atoms with Gasteiger partial charge in [0.1, 0.15) is 5.41 Å². The van der Waals surface area contributed by atoms with Crippen LogP contribution < -0.4 is 0 Å².